The molecule has 0 unspecified atom stereocenters. The van der Waals surface area contributed by atoms with Crippen molar-refractivity contribution < 1.29 is 9.18 Å². The van der Waals surface area contributed by atoms with Crippen molar-refractivity contribution in [2.24, 2.45) is 0 Å². The minimum Gasteiger partial charge on any atom is -0.353 e. The molecule has 4 rings (SSSR count). The topological polar surface area (TPSA) is 74.2 Å². The molecule has 1 saturated heterocycles. The Kier molecular flexibility index (Phi) is 5.60. The molecule has 0 spiro atoms. The van der Waals surface area contributed by atoms with E-state index < -0.39 is 0 Å². The van der Waals surface area contributed by atoms with Crippen molar-refractivity contribution in [2.75, 3.05) is 36.0 Å². The zero-order valence-corrected chi connectivity index (χ0v) is 15.8. The van der Waals surface area contributed by atoms with Crippen molar-refractivity contribution in [1.82, 2.24) is 20.3 Å². The van der Waals surface area contributed by atoms with Crippen molar-refractivity contribution in [3.8, 4) is 0 Å². The molecule has 2 aromatic heterocycles. The zero-order valence-electron chi connectivity index (χ0n) is 15.8. The van der Waals surface area contributed by atoms with Gasteiger partial charge in [0, 0.05) is 51.3 Å². The number of nitrogens with one attached hydrogen (secondary N) is 1. The summed E-state index contributed by atoms with van der Waals surface area (Å²) in [5, 5.41) is 2.82. The Bertz CT molecular complexity index is 941. The lowest BCUT2D eigenvalue weighted by molar-refractivity contribution is 0.0950. The molecule has 1 aliphatic heterocycles. The molecule has 0 saturated carbocycles. The maximum absolute atomic E-state index is 12.9. The number of carbonyl (C=O) groups is 1. The molecule has 3 heterocycles. The summed E-state index contributed by atoms with van der Waals surface area (Å²) in [5.74, 6) is 1.08. The molecule has 1 aromatic carbocycles. The van der Waals surface area contributed by atoms with E-state index in [9.17, 15) is 9.18 Å². The van der Waals surface area contributed by atoms with E-state index in [1.54, 1.807) is 42.9 Å². The van der Waals surface area contributed by atoms with Crippen LogP contribution in [0.1, 0.15) is 15.9 Å². The van der Waals surface area contributed by atoms with E-state index in [1.165, 1.54) is 12.1 Å². The first-order valence-corrected chi connectivity index (χ1v) is 9.45. The average molecular weight is 392 g/mol. The lowest BCUT2D eigenvalue weighted by Crippen LogP contribution is -2.47. The molecular weight excluding hydrogens is 371 g/mol. The molecule has 1 amide bonds. The van der Waals surface area contributed by atoms with Crippen molar-refractivity contribution in [3.05, 3.63) is 78.0 Å². The third-order valence-corrected chi connectivity index (χ3v) is 4.82. The van der Waals surface area contributed by atoms with Crippen LogP contribution in [0.5, 0.6) is 0 Å². The normalized spacial score (nSPS) is 14.0. The first-order chi connectivity index (χ1) is 14.2. The molecule has 8 heteroatoms. The van der Waals surface area contributed by atoms with Gasteiger partial charge in [-0.1, -0.05) is 12.1 Å². The number of halogens is 1. The van der Waals surface area contributed by atoms with Gasteiger partial charge in [0.15, 0.2) is 0 Å². The van der Waals surface area contributed by atoms with Crippen LogP contribution in [0.15, 0.2) is 61.1 Å². The van der Waals surface area contributed by atoms with Gasteiger partial charge in [0.25, 0.3) is 5.91 Å². The molecule has 1 aliphatic rings. The predicted octanol–water partition coefficient (Wildman–Crippen LogP) is 2.27. The molecule has 29 heavy (non-hydrogen) atoms. The fourth-order valence-corrected chi connectivity index (χ4v) is 3.18. The summed E-state index contributed by atoms with van der Waals surface area (Å²) < 4.78 is 12.9. The molecule has 1 fully saturated rings. The minimum atomic E-state index is -0.294. The van der Waals surface area contributed by atoms with Crippen LogP contribution in [0.4, 0.5) is 16.2 Å². The molecular formula is C21H21FN6O. The highest BCUT2D eigenvalue weighted by atomic mass is 19.1. The van der Waals surface area contributed by atoms with E-state index in [-0.39, 0.29) is 11.7 Å². The van der Waals surface area contributed by atoms with E-state index in [4.69, 9.17) is 0 Å². The second kappa shape index (κ2) is 8.64. The molecule has 0 bridgehead atoms. The monoisotopic (exact) mass is 392 g/mol. The number of rotatable bonds is 5. The van der Waals surface area contributed by atoms with Gasteiger partial charge >= 0.3 is 0 Å². The first-order valence-electron chi connectivity index (χ1n) is 9.45. The molecule has 0 radical (unpaired) electrons. The fourth-order valence-electron chi connectivity index (χ4n) is 3.18. The van der Waals surface area contributed by atoms with E-state index in [2.05, 4.69) is 30.1 Å². The van der Waals surface area contributed by atoms with E-state index in [0.29, 0.717) is 12.1 Å². The number of carbonyl (C=O) groups excluding carboxylic acids is 1. The lowest BCUT2D eigenvalue weighted by atomic mass is 10.2. The second-order valence-corrected chi connectivity index (χ2v) is 6.74. The standard InChI is InChI=1S/C21H21FN6O/c22-18-5-2-16(3-6-18)14-26-20(29)17-4-7-19(25-15-17)27-10-12-28(13-11-27)21-23-8-1-9-24-21/h1-9,15H,10-14H2,(H,26,29). The van der Waals surface area contributed by atoms with Gasteiger partial charge in [-0.05, 0) is 35.9 Å². The number of nitrogens with zero attached hydrogens (tertiary/aromatic N) is 5. The highest BCUT2D eigenvalue weighted by Gasteiger charge is 2.20. The highest BCUT2D eigenvalue weighted by molar-refractivity contribution is 5.94. The highest BCUT2D eigenvalue weighted by Crippen LogP contribution is 2.16. The zero-order chi connectivity index (χ0) is 20.1. The molecule has 3 aromatic rings. The smallest absolute Gasteiger partial charge is 0.253 e. The van der Waals surface area contributed by atoms with Gasteiger partial charge in [-0.3, -0.25) is 4.79 Å². The number of anilines is 2. The SMILES string of the molecule is O=C(NCc1ccc(F)cc1)c1ccc(N2CCN(c3ncccn3)CC2)nc1. The van der Waals surface area contributed by atoms with Crippen molar-refractivity contribution >= 4 is 17.7 Å². The van der Waals surface area contributed by atoms with Crippen LogP contribution in [-0.2, 0) is 6.54 Å². The number of hydrogen-bond donors (Lipinski definition) is 1. The van der Waals surface area contributed by atoms with Crippen LogP contribution in [0.2, 0.25) is 0 Å². The largest absolute Gasteiger partial charge is 0.353 e. The summed E-state index contributed by atoms with van der Waals surface area (Å²) in [6.45, 7) is 3.57. The van der Waals surface area contributed by atoms with Crippen LogP contribution >= 0.6 is 0 Å². The Morgan fingerprint density at radius 1 is 0.931 bits per heavy atom. The van der Waals surface area contributed by atoms with Gasteiger partial charge in [-0.15, -0.1) is 0 Å². The quantitative estimate of drug-likeness (QED) is 0.718. The van der Waals surface area contributed by atoms with Crippen LogP contribution in [-0.4, -0.2) is 47.0 Å². The summed E-state index contributed by atoms with van der Waals surface area (Å²) in [4.78, 5) is 29.7. The van der Waals surface area contributed by atoms with Crippen molar-refractivity contribution in [1.29, 1.82) is 0 Å². The van der Waals surface area contributed by atoms with Crippen LogP contribution in [0, 0.1) is 5.82 Å². The summed E-state index contributed by atoms with van der Waals surface area (Å²) in [7, 11) is 0. The van der Waals surface area contributed by atoms with Crippen LogP contribution < -0.4 is 15.1 Å². The summed E-state index contributed by atoms with van der Waals surface area (Å²) in [6, 6.07) is 11.5. The molecule has 148 valence electrons. The molecule has 7 nitrogen and oxygen atoms in total. The van der Waals surface area contributed by atoms with Crippen molar-refractivity contribution in [2.45, 2.75) is 6.54 Å². The minimum absolute atomic E-state index is 0.209. The van der Waals surface area contributed by atoms with Crippen LogP contribution in [0.25, 0.3) is 0 Å². The first kappa shape index (κ1) is 18.8. The Morgan fingerprint density at radius 2 is 1.62 bits per heavy atom. The van der Waals surface area contributed by atoms with Crippen LogP contribution in [0.3, 0.4) is 0 Å². The predicted molar refractivity (Wildman–Crippen MR) is 108 cm³/mol. The number of aromatic nitrogens is 3. The van der Waals surface area contributed by atoms with E-state index >= 15 is 0 Å². The third kappa shape index (κ3) is 4.66. The van der Waals surface area contributed by atoms with Gasteiger partial charge in [0.05, 0.1) is 5.56 Å². The van der Waals surface area contributed by atoms with Crippen molar-refractivity contribution in [3.63, 3.8) is 0 Å². The van der Waals surface area contributed by atoms with Gasteiger partial charge in [0.2, 0.25) is 5.95 Å². The Balaban J connectivity index is 1.31. The fraction of sp³-hybridized carbons (Fsp3) is 0.238. The summed E-state index contributed by atoms with van der Waals surface area (Å²) in [5.41, 5.74) is 1.33. The van der Waals surface area contributed by atoms with Gasteiger partial charge in [0.1, 0.15) is 11.6 Å². The lowest BCUT2D eigenvalue weighted by Gasteiger charge is -2.35. The number of piperazine rings is 1. The second-order valence-electron chi connectivity index (χ2n) is 6.74. The van der Waals surface area contributed by atoms with Gasteiger partial charge < -0.3 is 15.1 Å². The summed E-state index contributed by atoms with van der Waals surface area (Å²) in [6.07, 6.45) is 5.08. The molecule has 1 N–H and O–H groups in total. The van der Waals surface area contributed by atoms with E-state index in [1.807, 2.05) is 6.07 Å². The molecule has 0 aliphatic carbocycles. The number of benzene rings is 1. The average Bonchev–Trinajstić information content (AvgIpc) is 2.79. The number of amides is 1. The third-order valence-electron chi connectivity index (χ3n) is 4.82. The maximum atomic E-state index is 12.9. The number of hydrogen-bond acceptors (Lipinski definition) is 6. The van der Waals surface area contributed by atoms with Gasteiger partial charge in [-0.2, -0.15) is 0 Å². The van der Waals surface area contributed by atoms with Gasteiger partial charge in [-0.25, -0.2) is 19.3 Å². The Hall–Kier alpha value is -3.55. The maximum Gasteiger partial charge on any atom is 0.253 e. The Morgan fingerprint density at radius 3 is 2.28 bits per heavy atom. The van der Waals surface area contributed by atoms with E-state index in [0.717, 1.165) is 43.5 Å². The molecule has 0 atom stereocenters. The Labute approximate surface area is 168 Å². The number of pyridine rings is 1. The summed E-state index contributed by atoms with van der Waals surface area (Å²) >= 11 is 0.